The third-order valence-electron chi connectivity index (χ3n) is 4.48. The van der Waals surface area contributed by atoms with E-state index in [9.17, 15) is 14.7 Å². The highest BCUT2D eigenvalue weighted by Crippen LogP contribution is 2.22. The van der Waals surface area contributed by atoms with Crippen molar-refractivity contribution in [1.29, 1.82) is 0 Å². The number of carbonyl (C=O) groups is 2. The predicted octanol–water partition coefficient (Wildman–Crippen LogP) is 0.577. The van der Waals surface area contributed by atoms with Gasteiger partial charge >= 0.3 is 5.97 Å². The van der Waals surface area contributed by atoms with Crippen molar-refractivity contribution in [2.24, 2.45) is 0 Å². The van der Waals surface area contributed by atoms with Crippen LogP contribution in [0.2, 0.25) is 0 Å². The van der Waals surface area contributed by atoms with Crippen LogP contribution in [-0.4, -0.2) is 73.9 Å². The number of carbonyl (C=O) groups excluding carboxylic acids is 1. The van der Waals surface area contributed by atoms with Crippen molar-refractivity contribution in [1.82, 2.24) is 19.8 Å². The summed E-state index contributed by atoms with van der Waals surface area (Å²) < 4.78 is 0. The van der Waals surface area contributed by atoms with E-state index in [1.807, 2.05) is 0 Å². The minimum atomic E-state index is -0.964. The minimum Gasteiger partial charge on any atom is -0.480 e. The molecule has 1 saturated heterocycles. The van der Waals surface area contributed by atoms with Crippen molar-refractivity contribution in [2.75, 3.05) is 31.1 Å². The van der Waals surface area contributed by atoms with Crippen molar-refractivity contribution in [3.05, 3.63) is 17.7 Å². The molecule has 0 saturated carbocycles. The Labute approximate surface area is 139 Å². The van der Waals surface area contributed by atoms with Crippen LogP contribution in [0.1, 0.15) is 24.2 Å². The lowest BCUT2D eigenvalue weighted by molar-refractivity contribution is -0.150. The van der Waals surface area contributed by atoms with Gasteiger partial charge in [-0.25, -0.2) is 9.78 Å². The number of aromatic amines is 1. The molecule has 3 rings (SSSR count). The first kappa shape index (κ1) is 16.3. The summed E-state index contributed by atoms with van der Waals surface area (Å²) in [5.41, 5.74) is 1.60. The number of hydrogen-bond donors (Lipinski definition) is 2. The standard InChI is InChI=1S/C15H22N4O3S/c20-14(9-23-6-5-18-3-1-2-4-18)19-8-12-11(16-10-17-12)7-13(19)15(21)22/h10,13H,1-9H2,(H,16,17)(H,21,22)/t13-/m0/s1. The number of likely N-dealkylation sites (tertiary alicyclic amines) is 1. The van der Waals surface area contributed by atoms with Gasteiger partial charge in [-0.15, -0.1) is 0 Å². The summed E-state index contributed by atoms with van der Waals surface area (Å²) in [6.07, 6.45) is 4.37. The zero-order valence-electron chi connectivity index (χ0n) is 13.0. The van der Waals surface area contributed by atoms with Crippen molar-refractivity contribution in [3.63, 3.8) is 0 Å². The molecule has 0 bridgehead atoms. The van der Waals surface area contributed by atoms with Gasteiger partial charge in [-0.2, -0.15) is 11.8 Å². The first-order valence-corrected chi connectivity index (χ1v) is 9.14. The summed E-state index contributed by atoms with van der Waals surface area (Å²) >= 11 is 1.59. The number of imidazole rings is 1. The Bertz CT molecular complexity index is 571. The van der Waals surface area contributed by atoms with Gasteiger partial charge in [-0.1, -0.05) is 0 Å². The minimum absolute atomic E-state index is 0.107. The number of amides is 1. The van der Waals surface area contributed by atoms with Gasteiger partial charge < -0.3 is 19.9 Å². The van der Waals surface area contributed by atoms with Crippen LogP contribution in [0.15, 0.2) is 6.33 Å². The molecule has 7 nitrogen and oxygen atoms in total. The van der Waals surface area contributed by atoms with Crippen molar-refractivity contribution in [3.8, 4) is 0 Å². The van der Waals surface area contributed by atoms with Gasteiger partial charge in [0.2, 0.25) is 5.91 Å². The van der Waals surface area contributed by atoms with E-state index in [0.717, 1.165) is 36.8 Å². The van der Waals surface area contributed by atoms with E-state index in [4.69, 9.17) is 0 Å². The number of nitrogens with one attached hydrogen (secondary N) is 1. The number of nitrogens with zero attached hydrogens (tertiary/aromatic N) is 3. The molecule has 0 aromatic carbocycles. The Balaban J connectivity index is 1.51. The average Bonchev–Trinajstić information content (AvgIpc) is 3.20. The van der Waals surface area contributed by atoms with Crippen LogP contribution < -0.4 is 0 Å². The lowest BCUT2D eigenvalue weighted by atomic mass is 10.0. The summed E-state index contributed by atoms with van der Waals surface area (Å²) in [6, 6.07) is -0.808. The molecular formula is C15H22N4O3S. The summed E-state index contributed by atoms with van der Waals surface area (Å²) in [4.78, 5) is 34.9. The molecule has 126 valence electrons. The normalized spacial score (nSPS) is 21.4. The summed E-state index contributed by atoms with van der Waals surface area (Å²) in [6.45, 7) is 3.62. The van der Waals surface area contributed by atoms with Gasteiger partial charge in [0.05, 0.1) is 30.0 Å². The lowest BCUT2D eigenvalue weighted by Crippen LogP contribution is -2.49. The fraction of sp³-hybridized carbons (Fsp3) is 0.667. The summed E-state index contributed by atoms with van der Waals surface area (Å²) in [5.74, 6) is 0.173. The maximum Gasteiger partial charge on any atom is 0.326 e. The molecular weight excluding hydrogens is 316 g/mol. The zero-order valence-corrected chi connectivity index (χ0v) is 13.8. The van der Waals surface area contributed by atoms with Gasteiger partial charge in [-0.05, 0) is 25.9 Å². The first-order valence-electron chi connectivity index (χ1n) is 7.98. The average molecular weight is 338 g/mol. The molecule has 8 heteroatoms. The quantitative estimate of drug-likeness (QED) is 0.738. The fourth-order valence-electron chi connectivity index (χ4n) is 3.16. The Kier molecular flexibility index (Phi) is 5.22. The number of hydrogen-bond acceptors (Lipinski definition) is 5. The molecule has 0 spiro atoms. The van der Waals surface area contributed by atoms with Crippen molar-refractivity contribution >= 4 is 23.6 Å². The van der Waals surface area contributed by atoms with Crippen LogP contribution in [0.3, 0.4) is 0 Å². The summed E-state index contributed by atoms with van der Waals surface area (Å²) in [7, 11) is 0. The number of rotatable bonds is 6. The topological polar surface area (TPSA) is 89.5 Å². The number of H-pyrrole nitrogens is 1. The molecule has 1 atom stereocenters. The van der Waals surface area contributed by atoms with Crippen LogP contribution >= 0.6 is 11.8 Å². The van der Waals surface area contributed by atoms with Crippen LogP contribution in [0, 0.1) is 0 Å². The number of thioether (sulfide) groups is 1. The summed E-state index contributed by atoms with van der Waals surface area (Å²) in [5, 5.41) is 9.39. The highest BCUT2D eigenvalue weighted by Gasteiger charge is 2.35. The number of fused-ring (bicyclic) bond motifs is 1. The van der Waals surface area contributed by atoms with Crippen LogP contribution in [0.5, 0.6) is 0 Å². The van der Waals surface area contributed by atoms with Crippen molar-refractivity contribution < 1.29 is 14.7 Å². The number of aliphatic carboxylic acids is 1. The Morgan fingerprint density at radius 3 is 2.91 bits per heavy atom. The Morgan fingerprint density at radius 2 is 2.17 bits per heavy atom. The van der Waals surface area contributed by atoms with Gasteiger partial charge in [0.15, 0.2) is 0 Å². The third kappa shape index (κ3) is 3.87. The molecule has 1 aromatic rings. The van der Waals surface area contributed by atoms with Crippen molar-refractivity contribution in [2.45, 2.75) is 31.8 Å². The van der Waals surface area contributed by atoms with Gasteiger partial charge in [0, 0.05) is 18.7 Å². The number of carboxylic acid groups (broad SMARTS) is 1. The van der Waals surface area contributed by atoms with E-state index in [0.29, 0.717) is 12.3 Å². The third-order valence-corrected chi connectivity index (χ3v) is 5.40. The highest BCUT2D eigenvalue weighted by molar-refractivity contribution is 7.99. The van der Waals surface area contributed by atoms with E-state index in [-0.39, 0.29) is 12.3 Å². The second-order valence-electron chi connectivity index (χ2n) is 6.01. The molecule has 1 fully saturated rings. The predicted molar refractivity (Wildman–Crippen MR) is 87.3 cm³/mol. The maximum atomic E-state index is 12.4. The van der Waals surface area contributed by atoms with Crippen LogP contribution in [-0.2, 0) is 22.6 Å². The monoisotopic (exact) mass is 338 g/mol. The molecule has 1 amide bonds. The number of aromatic nitrogens is 2. The Morgan fingerprint density at radius 1 is 1.39 bits per heavy atom. The van der Waals surface area contributed by atoms with Crippen LogP contribution in [0.4, 0.5) is 0 Å². The second-order valence-corrected chi connectivity index (χ2v) is 7.11. The molecule has 1 aromatic heterocycles. The molecule has 3 heterocycles. The van der Waals surface area contributed by atoms with E-state index in [2.05, 4.69) is 14.9 Å². The second kappa shape index (κ2) is 7.35. The van der Waals surface area contributed by atoms with Gasteiger partial charge in [0.1, 0.15) is 6.04 Å². The van der Waals surface area contributed by atoms with Gasteiger partial charge in [0.25, 0.3) is 0 Å². The molecule has 2 N–H and O–H groups in total. The molecule has 0 unspecified atom stereocenters. The Hall–Kier alpha value is -1.54. The smallest absolute Gasteiger partial charge is 0.326 e. The molecule has 0 aliphatic carbocycles. The number of carboxylic acids is 1. The van der Waals surface area contributed by atoms with E-state index in [1.54, 1.807) is 18.1 Å². The highest BCUT2D eigenvalue weighted by atomic mass is 32.2. The van der Waals surface area contributed by atoms with E-state index < -0.39 is 12.0 Å². The molecule has 23 heavy (non-hydrogen) atoms. The zero-order chi connectivity index (χ0) is 16.2. The molecule has 0 radical (unpaired) electrons. The van der Waals surface area contributed by atoms with Gasteiger partial charge in [-0.3, -0.25) is 4.79 Å². The van der Waals surface area contributed by atoms with E-state index >= 15 is 0 Å². The SMILES string of the molecule is O=C(O)[C@@H]1Cc2nc[nH]c2CN1C(=O)CSCCN1CCCC1. The first-order chi connectivity index (χ1) is 11.1. The largest absolute Gasteiger partial charge is 0.480 e. The maximum absolute atomic E-state index is 12.4. The molecule has 2 aliphatic heterocycles. The lowest BCUT2D eigenvalue weighted by Gasteiger charge is -2.32. The van der Waals surface area contributed by atoms with Crippen LogP contribution in [0.25, 0.3) is 0 Å². The van der Waals surface area contributed by atoms with E-state index in [1.165, 1.54) is 17.7 Å². The fourth-order valence-corrected chi connectivity index (χ4v) is 4.03. The molecule has 2 aliphatic rings.